The Kier molecular flexibility index (Phi) is 4.12. The van der Waals surface area contributed by atoms with Crippen LogP contribution in [0.5, 0.6) is 5.75 Å². The molecule has 1 heterocycles. The second kappa shape index (κ2) is 5.63. The summed E-state index contributed by atoms with van der Waals surface area (Å²) in [5, 5.41) is 5.15. The number of nitrogens with zero attached hydrogens (tertiary/aromatic N) is 2. The van der Waals surface area contributed by atoms with Crippen LogP contribution in [0.2, 0.25) is 5.02 Å². The molecule has 0 spiro atoms. The smallest absolute Gasteiger partial charge is 0.123 e. The van der Waals surface area contributed by atoms with E-state index in [-0.39, 0.29) is 0 Å². The third-order valence-corrected chi connectivity index (χ3v) is 3.74. The molecule has 4 nitrogen and oxygen atoms in total. The monoisotopic (exact) mass is 279 g/mol. The molecular weight excluding hydrogens is 262 g/mol. The predicted molar refractivity (Wildman–Crippen MR) is 76.7 cm³/mol. The van der Waals surface area contributed by atoms with E-state index in [1.54, 1.807) is 7.11 Å². The standard InChI is InChI=1S/C14H18ClN3O/c1-9-14(15)10(2)18(17-9)8-12-6-11(7-16)4-5-13(12)19-3/h4-6H,7-8,16H2,1-3H3. The lowest BCUT2D eigenvalue weighted by molar-refractivity contribution is 0.407. The SMILES string of the molecule is COc1ccc(CN)cc1Cn1nc(C)c(Cl)c1C. The Balaban J connectivity index is 2.38. The van der Waals surface area contributed by atoms with Crippen LogP contribution in [0.25, 0.3) is 0 Å². The van der Waals surface area contributed by atoms with Crippen molar-refractivity contribution in [2.45, 2.75) is 26.9 Å². The van der Waals surface area contributed by atoms with Crippen LogP contribution in [0.3, 0.4) is 0 Å². The second-order valence-corrected chi connectivity index (χ2v) is 4.87. The Bertz CT molecular complexity index is 593. The van der Waals surface area contributed by atoms with E-state index in [2.05, 4.69) is 5.10 Å². The molecule has 2 N–H and O–H groups in total. The zero-order valence-electron chi connectivity index (χ0n) is 11.4. The van der Waals surface area contributed by atoms with Crippen molar-refractivity contribution in [3.8, 4) is 5.75 Å². The fraction of sp³-hybridized carbons (Fsp3) is 0.357. The maximum absolute atomic E-state index is 6.16. The maximum atomic E-state index is 6.16. The number of nitrogens with two attached hydrogens (primary N) is 1. The van der Waals surface area contributed by atoms with Crippen LogP contribution in [-0.2, 0) is 13.1 Å². The lowest BCUT2D eigenvalue weighted by Gasteiger charge is -2.11. The van der Waals surface area contributed by atoms with Gasteiger partial charge in [0.1, 0.15) is 5.75 Å². The predicted octanol–water partition coefficient (Wildman–Crippen LogP) is 2.67. The molecule has 0 saturated heterocycles. The van der Waals surface area contributed by atoms with Gasteiger partial charge in [0.2, 0.25) is 0 Å². The molecule has 102 valence electrons. The topological polar surface area (TPSA) is 53.1 Å². The summed E-state index contributed by atoms with van der Waals surface area (Å²) in [4.78, 5) is 0. The average Bonchev–Trinajstić information content (AvgIpc) is 2.66. The van der Waals surface area contributed by atoms with Crippen LogP contribution >= 0.6 is 11.6 Å². The summed E-state index contributed by atoms with van der Waals surface area (Å²) < 4.78 is 7.26. The highest BCUT2D eigenvalue weighted by atomic mass is 35.5. The van der Waals surface area contributed by atoms with E-state index in [1.165, 1.54) is 0 Å². The molecule has 0 aliphatic heterocycles. The maximum Gasteiger partial charge on any atom is 0.123 e. The Hall–Kier alpha value is -1.52. The van der Waals surface area contributed by atoms with Crippen molar-refractivity contribution in [2.75, 3.05) is 7.11 Å². The normalized spacial score (nSPS) is 10.8. The summed E-state index contributed by atoms with van der Waals surface area (Å²) in [7, 11) is 1.66. The summed E-state index contributed by atoms with van der Waals surface area (Å²) >= 11 is 6.16. The number of methoxy groups -OCH3 is 1. The van der Waals surface area contributed by atoms with Gasteiger partial charge >= 0.3 is 0 Å². The van der Waals surface area contributed by atoms with Gasteiger partial charge in [-0.05, 0) is 31.5 Å². The zero-order chi connectivity index (χ0) is 14.0. The van der Waals surface area contributed by atoms with Crippen molar-refractivity contribution in [1.82, 2.24) is 9.78 Å². The van der Waals surface area contributed by atoms with E-state index in [1.807, 2.05) is 36.7 Å². The Morgan fingerprint density at radius 2 is 2.11 bits per heavy atom. The van der Waals surface area contributed by atoms with Crippen LogP contribution in [0.4, 0.5) is 0 Å². The summed E-state index contributed by atoms with van der Waals surface area (Å²) in [5.74, 6) is 0.834. The lowest BCUT2D eigenvalue weighted by atomic mass is 10.1. The van der Waals surface area contributed by atoms with E-state index in [0.29, 0.717) is 18.1 Å². The van der Waals surface area contributed by atoms with Gasteiger partial charge < -0.3 is 10.5 Å². The minimum absolute atomic E-state index is 0.509. The molecule has 1 aromatic carbocycles. The molecule has 0 atom stereocenters. The van der Waals surface area contributed by atoms with Crippen LogP contribution < -0.4 is 10.5 Å². The third kappa shape index (κ3) is 2.74. The van der Waals surface area contributed by atoms with Crippen molar-refractivity contribution in [3.63, 3.8) is 0 Å². The van der Waals surface area contributed by atoms with E-state index in [4.69, 9.17) is 22.1 Å². The molecule has 2 aromatic rings. The van der Waals surface area contributed by atoms with Crippen LogP contribution in [-0.4, -0.2) is 16.9 Å². The van der Waals surface area contributed by atoms with Crippen LogP contribution in [0.15, 0.2) is 18.2 Å². The molecule has 0 radical (unpaired) electrons. The zero-order valence-corrected chi connectivity index (χ0v) is 12.2. The number of rotatable bonds is 4. The number of hydrogen-bond acceptors (Lipinski definition) is 3. The number of ether oxygens (including phenoxy) is 1. The highest BCUT2D eigenvalue weighted by Crippen LogP contribution is 2.24. The summed E-state index contributed by atoms with van der Waals surface area (Å²) in [6, 6.07) is 5.95. The van der Waals surface area contributed by atoms with Crippen molar-refractivity contribution < 1.29 is 4.74 Å². The van der Waals surface area contributed by atoms with E-state index in [9.17, 15) is 0 Å². The van der Waals surface area contributed by atoms with Gasteiger partial charge in [0.15, 0.2) is 0 Å². The molecule has 0 unspecified atom stereocenters. The van der Waals surface area contributed by atoms with Gasteiger partial charge in [-0.25, -0.2) is 0 Å². The second-order valence-electron chi connectivity index (χ2n) is 4.49. The molecule has 0 aliphatic carbocycles. The molecular formula is C14H18ClN3O. The number of benzene rings is 1. The minimum atomic E-state index is 0.509. The Morgan fingerprint density at radius 3 is 2.63 bits per heavy atom. The van der Waals surface area contributed by atoms with Crippen molar-refractivity contribution in [3.05, 3.63) is 45.7 Å². The van der Waals surface area contributed by atoms with Gasteiger partial charge in [-0.2, -0.15) is 5.10 Å². The van der Waals surface area contributed by atoms with Crippen molar-refractivity contribution in [1.29, 1.82) is 0 Å². The third-order valence-electron chi connectivity index (χ3n) is 3.19. The molecule has 2 rings (SSSR count). The highest BCUT2D eigenvalue weighted by molar-refractivity contribution is 6.31. The van der Waals surface area contributed by atoms with Gasteiger partial charge in [0.25, 0.3) is 0 Å². The number of hydrogen-bond donors (Lipinski definition) is 1. The molecule has 0 aliphatic rings. The van der Waals surface area contributed by atoms with Crippen molar-refractivity contribution in [2.24, 2.45) is 5.73 Å². The first kappa shape index (κ1) is 13.9. The summed E-state index contributed by atoms with van der Waals surface area (Å²) in [6.45, 7) is 4.99. The molecule has 1 aromatic heterocycles. The van der Waals surface area contributed by atoms with Gasteiger partial charge in [-0.3, -0.25) is 4.68 Å². The van der Waals surface area contributed by atoms with Gasteiger partial charge in [-0.15, -0.1) is 0 Å². The largest absolute Gasteiger partial charge is 0.496 e. The van der Waals surface area contributed by atoms with E-state index in [0.717, 1.165) is 28.3 Å². The average molecular weight is 280 g/mol. The first-order valence-corrected chi connectivity index (χ1v) is 6.50. The number of aryl methyl sites for hydroxylation is 1. The Morgan fingerprint density at radius 1 is 1.37 bits per heavy atom. The molecule has 19 heavy (non-hydrogen) atoms. The number of halogens is 1. The minimum Gasteiger partial charge on any atom is -0.496 e. The first-order chi connectivity index (χ1) is 9.06. The van der Waals surface area contributed by atoms with Crippen LogP contribution in [0.1, 0.15) is 22.5 Å². The fourth-order valence-corrected chi connectivity index (χ4v) is 2.21. The number of aromatic nitrogens is 2. The molecule has 0 saturated carbocycles. The van der Waals surface area contributed by atoms with Crippen LogP contribution in [0, 0.1) is 13.8 Å². The molecule has 0 amide bonds. The fourth-order valence-electron chi connectivity index (χ4n) is 2.07. The van der Waals surface area contributed by atoms with Crippen molar-refractivity contribution >= 4 is 11.6 Å². The summed E-state index contributed by atoms with van der Waals surface area (Å²) in [5.41, 5.74) is 9.60. The molecule has 0 fully saturated rings. The quantitative estimate of drug-likeness (QED) is 0.936. The van der Waals surface area contributed by atoms with E-state index < -0.39 is 0 Å². The molecule has 5 heteroatoms. The van der Waals surface area contributed by atoms with Gasteiger partial charge in [0, 0.05) is 12.1 Å². The molecule has 0 bridgehead atoms. The Labute approximate surface area is 118 Å². The lowest BCUT2D eigenvalue weighted by Crippen LogP contribution is -2.07. The van der Waals surface area contributed by atoms with Gasteiger partial charge in [-0.1, -0.05) is 17.7 Å². The van der Waals surface area contributed by atoms with Gasteiger partial charge in [0.05, 0.1) is 30.1 Å². The highest BCUT2D eigenvalue weighted by Gasteiger charge is 2.12. The van der Waals surface area contributed by atoms with E-state index >= 15 is 0 Å². The first-order valence-electron chi connectivity index (χ1n) is 6.12. The summed E-state index contributed by atoms with van der Waals surface area (Å²) in [6.07, 6.45) is 0.